The smallest absolute Gasteiger partial charge is 0.123 e. The highest BCUT2D eigenvalue weighted by Gasteiger charge is 2.17. The molecule has 0 saturated heterocycles. The molecule has 108 valence electrons. The van der Waals surface area contributed by atoms with Crippen LogP contribution < -0.4 is 5.73 Å². The molecule has 2 aromatic rings. The number of aryl methyl sites for hydroxylation is 1. The first-order chi connectivity index (χ1) is 9.63. The Bertz CT molecular complexity index is 535. The average Bonchev–Trinajstić information content (AvgIpc) is 2.91. The largest absolute Gasteiger partial charge is 0.329 e. The van der Waals surface area contributed by atoms with Crippen LogP contribution in [0, 0.1) is 5.82 Å². The molecule has 0 bridgehead atoms. The van der Waals surface area contributed by atoms with Gasteiger partial charge in [0.15, 0.2) is 0 Å². The number of halogens is 1. The predicted molar refractivity (Wildman–Crippen MR) is 77.6 cm³/mol. The third-order valence-electron chi connectivity index (χ3n) is 3.46. The first-order valence-electron chi connectivity index (χ1n) is 6.81. The molecule has 1 atom stereocenters. The summed E-state index contributed by atoms with van der Waals surface area (Å²) in [5, 5.41) is 4.29. The van der Waals surface area contributed by atoms with E-state index in [0.29, 0.717) is 6.54 Å². The summed E-state index contributed by atoms with van der Waals surface area (Å²) in [5.41, 5.74) is 8.07. The first-order valence-corrected chi connectivity index (χ1v) is 6.81. The van der Waals surface area contributed by atoms with Gasteiger partial charge in [-0.3, -0.25) is 9.58 Å². The van der Waals surface area contributed by atoms with E-state index in [1.54, 1.807) is 12.1 Å². The van der Waals surface area contributed by atoms with Gasteiger partial charge in [-0.1, -0.05) is 12.1 Å². The van der Waals surface area contributed by atoms with Gasteiger partial charge in [-0.15, -0.1) is 0 Å². The SMILES string of the molecule is CCn1cc(C(CN)N(C)Cc2ccc(F)cc2)cn1. The molecule has 5 heteroatoms. The Labute approximate surface area is 119 Å². The molecule has 0 aliphatic heterocycles. The van der Waals surface area contributed by atoms with Crippen LogP contribution in [0.1, 0.15) is 24.1 Å². The Morgan fingerprint density at radius 3 is 2.60 bits per heavy atom. The number of aromatic nitrogens is 2. The lowest BCUT2D eigenvalue weighted by Gasteiger charge is -2.26. The summed E-state index contributed by atoms with van der Waals surface area (Å²) in [6.07, 6.45) is 3.89. The lowest BCUT2D eigenvalue weighted by molar-refractivity contribution is 0.241. The summed E-state index contributed by atoms with van der Waals surface area (Å²) < 4.78 is 14.8. The summed E-state index contributed by atoms with van der Waals surface area (Å²) in [6, 6.07) is 6.68. The molecule has 20 heavy (non-hydrogen) atoms. The molecular weight excluding hydrogens is 255 g/mol. The molecule has 1 unspecified atom stereocenters. The first kappa shape index (κ1) is 14.7. The van der Waals surface area contributed by atoms with Crippen molar-refractivity contribution in [3.63, 3.8) is 0 Å². The predicted octanol–water partition coefficient (Wildman–Crippen LogP) is 2.17. The van der Waals surface area contributed by atoms with Crippen LogP contribution in [0.25, 0.3) is 0 Å². The summed E-state index contributed by atoms with van der Waals surface area (Å²) in [6.45, 7) is 4.14. The van der Waals surface area contributed by atoms with Crippen LogP contribution in [-0.2, 0) is 13.1 Å². The molecule has 0 saturated carbocycles. The summed E-state index contributed by atoms with van der Waals surface area (Å²) in [4.78, 5) is 2.16. The van der Waals surface area contributed by atoms with Gasteiger partial charge in [0.1, 0.15) is 5.82 Å². The van der Waals surface area contributed by atoms with Crippen LogP contribution in [0.4, 0.5) is 4.39 Å². The van der Waals surface area contributed by atoms with E-state index in [1.807, 2.05) is 24.1 Å². The zero-order valence-electron chi connectivity index (χ0n) is 12.0. The van der Waals surface area contributed by atoms with E-state index in [9.17, 15) is 4.39 Å². The van der Waals surface area contributed by atoms with E-state index in [0.717, 1.165) is 24.2 Å². The zero-order valence-corrected chi connectivity index (χ0v) is 12.0. The lowest BCUT2D eigenvalue weighted by Crippen LogP contribution is -2.30. The van der Waals surface area contributed by atoms with Gasteiger partial charge in [-0.25, -0.2) is 4.39 Å². The second kappa shape index (κ2) is 6.63. The van der Waals surface area contributed by atoms with Gasteiger partial charge < -0.3 is 5.73 Å². The van der Waals surface area contributed by atoms with E-state index in [4.69, 9.17) is 5.73 Å². The van der Waals surface area contributed by atoms with Crippen molar-refractivity contribution in [1.29, 1.82) is 0 Å². The third kappa shape index (κ3) is 3.43. The van der Waals surface area contributed by atoms with Crippen molar-refractivity contribution < 1.29 is 4.39 Å². The molecule has 1 aromatic carbocycles. The lowest BCUT2D eigenvalue weighted by atomic mass is 10.1. The van der Waals surface area contributed by atoms with Gasteiger partial charge in [-0.05, 0) is 31.7 Å². The fourth-order valence-electron chi connectivity index (χ4n) is 2.28. The van der Waals surface area contributed by atoms with Crippen LogP contribution in [-0.4, -0.2) is 28.3 Å². The molecular formula is C15H21FN4. The number of nitrogens with zero attached hydrogens (tertiary/aromatic N) is 3. The van der Waals surface area contributed by atoms with Gasteiger partial charge in [0.2, 0.25) is 0 Å². The molecule has 0 aliphatic carbocycles. The van der Waals surface area contributed by atoms with E-state index in [2.05, 4.69) is 16.9 Å². The highest BCUT2D eigenvalue weighted by Crippen LogP contribution is 2.20. The van der Waals surface area contributed by atoms with Crippen molar-refractivity contribution in [2.75, 3.05) is 13.6 Å². The number of benzene rings is 1. The average molecular weight is 276 g/mol. The van der Waals surface area contributed by atoms with Gasteiger partial charge in [-0.2, -0.15) is 5.10 Å². The van der Waals surface area contributed by atoms with E-state index >= 15 is 0 Å². The Hall–Kier alpha value is -1.72. The number of likely N-dealkylation sites (N-methyl/N-ethyl adjacent to an activating group) is 1. The molecule has 0 aliphatic rings. The maximum Gasteiger partial charge on any atom is 0.123 e. The quantitative estimate of drug-likeness (QED) is 0.879. The second-order valence-corrected chi connectivity index (χ2v) is 4.92. The highest BCUT2D eigenvalue weighted by atomic mass is 19.1. The van der Waals surface area contributed by atoms with Gasteiger partial charge >= 0.3 is 0 Å². The molecule has 1 heterocycles. The van der Waals surface area contributed by atoms with Crippen molar-refractivity contribution in [2.24, 2.45) is 5.73 Å². The standard InChI is InChI=1S/C15H21FN4/c1-3-20-11-13(9-18-20)15(8-17)19(2)10-12-4-6-14(16)7-5-12/h4-7,9,11,15H,3,8,10,17H2,1-2H3. The fourth-order valence-corrected chi connectivity index (χ4v) is 2.28. The zero-order chi connectivity index (χ0) is 14.5. The van der Waals surface area contributed by atoms with Crippen LogP contribution in [0.15, 0.2) is 36.7 Å². The minimum absolute atomic E-state index is 0.111. The summed E-state index contributed by atoms with van der Waals surface area (Å²) >= 11 is 0. The highest BCUT2D eigenvalue weighted by molar-refractivity contribution is 5.17. The molecule has 2 N–H and O–H groups in total. The Morgan fingerprint density at radius 1 is 1.35 bits per heavy atom. The normalized spacial score (nSPS) is 12.8. The van der Waals surface area contributed by atoms with Crippen LogP contribution >= 0.6 is 0 Å². The maximum atomic E-state index is 12.9. The van der Waals surface area contributed by atoms with Crippen molar-refractivity contribution in [3.8, 4) is 0 Å². The van der Waals surface area contributed by atoms with E-state index in [1.165, 1.54) is 12.1 Å². The molecule has 0 amide bonds. The van der Waals surface area contributed by atoms with Crippen LogP contribution in [0.5, 0.6) is 0 Å². The van der Waals surface area contributed by atoms with Gasteiger partial charge in [0.25, 0.3) is 0 Å². The van der Waals surface area contributed by atoms with Crippen molar-refractivity contribution in [1.82, 2.24) is 14.7 Å². The molecule has 0 radical (unpaired) electrons. The van der Waals surface area contributed by atoms with E-state index in [-0.39, 0.29) is 11.9 Å². The monoisotopic (exact) mass is 276 g/mol. The number of hydrogen-bond acceptors (Lipinski definition) is 3. The van der Waals surface area contributed by atoms with Gasteiger partial charge in [0.05, 0.1) is 12.2 Å². The minimum Gasteiger partial charge on any atom is -0.329 e. The van der Waals surface area contributed by atoms with Gasteiger partial charge in [0, 0.05) is 31.4 Å². The summed E-state index contributed by atoms with van der Waals surface area (Å²) in [7, 11) is 2.02. The molecule has 1 aromatic heterocycles. The van der Waals surface area contributed by atoms with Crippen molar-refractivity contribution in [2.45, 2.75) is 26.1 Å². The van der Waals surface area contributed by atoms with Crippen molar-refractivity contribution >= 4 is 0 Å². The number of hydrogen-bond donors (Lipinski definition) is 1. The fraction of sp³-hybridized carbons (Fsp3) is 0.400. The number of nitrogens with two attached hydrogens (primary N) is 1. The molecule has 2 rings (SSSR count). The number of rotatable bonds is 6. The molecule has 0 spiro atoms. The van der Waals surface area contributed by atoms with Crippen LogP contribution in [0.2, 0.25) is 0 Å². The molecule has 0 fully saturated rings. The topological polar surface area (TPSA) is 47.1 Å². The Kier molecular flexibility index (Phi) is 4.87. The van der Waals surface area contributed by atoms with Crippen molar-refractivity contribution in [3.05, 3.63) is 53.6 Å². The minimum atomic E-state index is -0.212. The Morgan fingerprint density at radius 2 is 2.05 bits per heavy atom. The second-order valence-electron chi connectivity index (χ2n) is 4.92. The molecule has 4 nitrogen and oxygen atoms in total. The summed E-state index contributed by atoms with van der Waals surface area (Å²) in [5.74, 6) is -0.212. The van der Waals surface area contributed by atoms with Crippen LogP contribution in [0.3, 0.4) is 0 Å². The van der Waals surface area contributed by atoms with E-state index < -0.39 is 0 Å². The maximum absolute atomic E-state index is 12.9. The third-order valence-corrected chi connectivity index (χ3v) is 3.46. The Balaban J connectivity index is 2.08.